The average Bonchev–Trinajstić information content (AvgIpc) is 3.12. The second-order valence-electron chi connectivity index (χ2n) is 6.74. The molecule has 0 bridgehead atoms. The Morgan fingerprint density at radius 3 is 2.88 bits per heavy atom. The molecule has 0 saturated carbocycles. The number of fused-ring (bicyclic) bond motifs is 3. The van der Waals surface area contributed by atoms with Crippen LogP contribution in [0.1, 0.15) is 42.9 Å². The Morgan fingerprint density at radius 1 is 1.24 bits per heavy atom. The van der Waals surface area contributed by atoms with Crippen LogP contribution in [0.4, 0.5) is 11.4 Å². The number of amides is 1. The number of para-hydroxylation sites is 1. The van der Waals surface area contributed by atoms with E-state index in [1.807, 2.05) is 37.3 Å². The number of carbonyl (C=O) groups is 1. The van der Waals surface area contributed by atoms with Crippen molar-refractivity contribution in [1.82, 2.24) is 0 Å². The largest absolute Gasteiger partial charge is 0.508 e. The van der Waals surface area contributed by atoms with E-state index < -0.39 is 0 Å². The van der Waals surface area contributed by atoms with Crippen LogP contribution in [0.25, 0.3) is 0 Å². The summed E-state index contributed by atoms with van der Waals surface area (Å²) in [6, 6.07) is 13.7. The normalized spacial score (nSPS) is 23.5. The van der Waals surface area contributed by atoms with Crippen LogP contribution in [0, 0.1) is 5.92 Å². The highest BCUT2D eigenvalue weighted by Gasteiger charge is 2.38. The van der Waals surface area contributed by atoms with Crippen LogP contribution in [-0.2, 0) is 4.79 Å². The van der Waals surface area contributed by atoms with Crippen molar-refractivity contribution < 1.29 is 9.90 Å². The minimum absolute atomic E-state index is 0.0225. The second kappa shape index (κ2) is 6.28. The molecule has 2 aliphatic rings. The molecule has 1 heterocycles. The summed E-state index contributed by atoms with van der Waals surface area (Å²) in [5, 5.41) is 16.8. The number of nitrogens with one attached hydrogen (secondary N) is 2. The van der Waals surface area contributed by atoms with E-state index >= 15 is 0 Å². The molecule has 3 unspecified atom stereocenters. The lowest BCUT2D eigenvalue weighted by Gasteiger charge is -2.38. The van der Waals surface area contributed by atoms with Crippen LogP contribution in [0.2, 0.25) is 0 Å². The topological polar surface area (TPSA) is 61.4 Å². The number of hydrogen-bond acceptors (Lipinski definition) is 3. The van der Waals surface area contributed by atoms with Crippen molar-refractivity contribution in [1.29, 1.82) is 0 Å². The van der Waals surface area contributed by atoms with Crippen molar-refractivity contribution in [3.05, 3.63) is 65.7 Å². The summed E-state index contributed by atoms with van der Waals surface area (Å²) in [6.07, 6.45) is 5.91. The first-order chi connectivity index (χ1) is 12.2. The summed E-state index contributed by atoms with van der Waals surface area (Å²) in [5.74, 6) is 1.01. The minimum atomic E-state index is 0.0225. The smallest absolute Gasteiger partial charge is 0.224 e. The molecule has 4 heteroatoms. The van der Waals surface area contributed by atoms with Crippen LogP contribution in [0.3, 0.4) is 0 Å². The fourth-order valence-electron chi connectivity index (χ4n) is 3.98. The second-order valence-corrected chi connectivity index (χ2v) is 6.74. The average molecular weight is 334 g/mol. The molecule has 1 amide bonds. The number of aromatic hydroxyl groups is 1. The van der Waals surface area contributed by atoms with Crippen LogP contribution in [-0.4, -0.2) is 11.0 Å². The molecule has 0 radical (unpaired) electrons. The van der Waals surface area contributed by atoms with Gasteiger partial charge in [0.2, 0.25) is 5.91 Å². The van der Waals surface area contributed by atoms with Gasteiger partial charge in [-0.05, 0) is 42.2 Å². The molecular formula is C21H22N2O2. The van der Waals surface area contributed by atoms with Crippen molar-refractivity contribution in [3.8, 4) is 5.75 Å². The molecule has 1 aliphatic heterocycles. The van der Waals surface area contributed by atoms with Gasteiger partial charge >= 0.3 is 0 Å². The number of anilines is 2. The summed E-state index contributed by atoms with van der Waals surface area (Å²) >= 11 is 0. The molecule has 2 aromatic rings. The summed E-state index contributed by atoms with van der Waals surface area (Å²) < 4.78 is 0. The molecule has 0 fully saturated rings. The third kappa shape index (κ3) is 2.78. The quantitative estimate of drug-likeness (QED) is 0.721. The maximum atomic E-state index is 11.7. The number of carbonyl (C=O) groups excluding carboxylic acids is 1. The Balaban J connectivity index is 1.71. The third-order valence-corrected chi connectivity index (χ3v) is 5.24. The lowest BCUT2D eigenvalue weighted by molar-refractivity contribution is -0.115. The zero-order valence-corrected chi connectivity index (χ0v) is 14.2. The van der Waals surface area contributed by atoms with E-state index in [1.54, 1.807) is 6.07 Å². The standard InChI is InChI=1S/C21H22N2O2/c1-2-20(25)22-13-10-11-18-17(12-13)14-7-5-8-15(14)21(23-18)16-6-3-4-9-19(16)24/h3-7,9-12,14-15,21,23-24H,2,8H2,1H3,(H,22,25). The van der Waals surface area contributed by atoms with Gasteiger partial charge in [0.25, 0.3) is 0 Å². The number of allylic oxidation sites excluding steroid dienone is 2. The van der Waals surface area contributed by atoms with Crippen molar-refractivity contribution in [2.45, 2.75) is 31.7 Å². The zero-order valence-electron chi connectivity index (χ0n) is 14.2. The lowest BCUT2D eigenvalue weighted by atomic mass is 9.76. The Bertz CT molecular complexity index is 844. The Hall–Kier alpha value is -2.75. The minimum Gasteiger partial charge on any atom is -0.508 e. The van der Waals surface area contributed by atoms with Gasteiger partial charge in [-0.25, -0.2) is 0 Å². The first-order valence-corrected chi connectivity index (χ1v) is 8.82. The van der Waals surface area contributed by atoms with Gasteiger partial charge in [-0.15, -0.1) is 0 Å². The van der Waals surface area contributed by atoms with E-state index in [2.05, 4.69) is 28.9 Å². The molecule has 128 valence electrons. The Labute approximate surface area is 147 Å². The van der Waals surface area contributed by atoms with E-state index in [4.69, 9.17) is 0 Å². The predicted molar refractivity (Wildman–Crippen MR) is 99.8 cm³/mol. The first kappa shape index (κ1) is 15.8. The molecule has 1 aliphatic carbocycles. The molecule has 0 saturated heterocycles. The number of rotatable bonds is 3. The Kier molecular flexibility index (Phi) is 3.96. The maximum Gasteiger partial charge on any atom is 0.224 e. The molecule has 4 nitrogen and oxygen atoms in total. The zero-order chi connectivity index (χ0) is 17.4. The van der Waals surface area contributed by atoms with E-state index in [0.717, 1.165) is 23.4 Å². The van der Waals surface area contributed by atoms with Gasteiger partial charge in [-0.3, -0.25) is 4.79 Å². The van der Waals surface area contributed by atoms with E-state index in [0.29, 0.717) is 24.0 Å². The van der Waals surface area contributed by atoms with Gasteiger partial charge in [0.1, 0.15) is 5.75 Å². The van der Waals surface area contributed by atoms with Crippen molar-refractivity contribution in [3.63, 3.8) is 0 Å². The number of phenolic OH excluding ortho intramolecular Hbond substituents is 1. The van der Waals surface area contributed by atoms with Gasteiger partial charge < -0.3 is 15.7 Å². The molecule has 2 aromatic carbocycles. The third-order valence-electron chi connectivity index (χ3n) is 5.24. The van der Waals surface area contributed by atoms with Crippen molar-refractivity contribution >= 4 is 17.3 Å². The highest BCUT2D eigenvalue weighted by molar-refractivity contribution is 5.91. The molecule has 25 heavy (non-hydrogen) atoms. The van der Waals surface area contributed by atoms with Gasteiger partial charge in [-0.2, -0.15) is 0 Å². The molecule has 4 rings (SSSR count). The predicted octanol–water partition coefficient (Wildman–Crippen LogP) is 4.57. The fraction of sp³-hybridized carbons (Fsp3) is 0.286. The van der Waals surface area contributed by atoms with Crippen LogP contribution < -0.4 is 10.6 Å². The number of hydrogen-bond donors (Lipinski definition) is 3. The molecule has 3 atom stereocenters. The molecule has 0 spiro atoms. The summed E-state index contributed by atoms with van der Waals surface area (Å²) in [7, 11) is 0. The monoisotopic (exact) mass is 334 g/mol. The Morgan fingerprint density at radius 2 is 2.08 bits per heavy atom. The van der Waals surface area contributed by atoms with Crippen molar-refractivity contribution in [2.75, 3.05) is 10.6 Å². The lowest BCUT2D eigenvalue weighted by Crippen LogP contribution is -2.29. The number of benzene rings is 2. The van der Waals surface area contributed by atoms with Crippen LogP contribution in [0.5, 0.6) is 5.75 Å². The molecular weight excluding hydrogens is 312 g/mol. The van der Waals surface area contributed by atoms with Gasteiger partial charge in [0.15, 0.2) is 0 Å². The van der Waals surface area contributed by atoms with Gasteiger partial charge in [-0.1, -0.05) is 37.3 Å². The summed E-state index contributed by atoms with van der Waals surface area (Å²) in [4.78, 5) is 11.7. The van der Waals surface area contributed by atoms with E-state index in [1.165, 1.54) is 5.56 Å². The SMILES string of the molecule is CCC(=O)Nc1ccc2c(c1)C1C=CCC1C(c1ccccc1O)N2. The van der Waals surface area contributed by atoms with Crippen molar-refractivity contribution in [2.24, 2.45) is 5.92 Å². The summed E-state index contributed by atoms with van der Waals surface area (Å²) in [5.41, 5.74) is 4.05. The van der Waals surface area contributed by atoms with Gasteiger partial charge in [0.05, 0.1) is 6.04 Å². The number of phenols is 1. The van der Waals surface area contributed by atoms with E-state index in [-0.39, 0.29) is 11.9 Å². The summed E-state index contributed by atoms with van der Waals surface area (Å²) in [6.45, 7) is 1.85. The highest BCUT2D eigenvalue weighted by atomic mass is 16.3. The van der Waals surface area contributed by atoms with Gasteiger partial charge in [0, 0.05) is 29.3 Å². The van der Waals surface area contributed by atoms with Crippen LogP contribution in [0.15, 0.2) is 54.6 Å². The fourth-order valence-corrected chi connectivity index (χ4v) is 3.98. The first-order valence-electron chi connectivity index (χ1n) is 8.82. The van der Waals surface area contributed by atoms with Crippen LogP contribution >= 0.6 is 0 Å². The molecule has 0 aromatic heterocycles. The molecule has 3 N–H and O–H groups in total. The highest BCUT2D eigenvalue weighted by Crippen LogP contribution is 2.51. The van der Waals surface area contributed by atoms with E-state index in [9.17, 15) is 9.90 Å². The maximum absolute atomic E-state index is 11.7.